The Morgan fingerprint density at radius 1 is 1.00 bits per heavy atom. The second-order valence-corrected chi connectivity index (χ2v) is 8.81. The molecule has 0 spiro atoms. The lowest BCUT2D eigenvalue weighted by atomic mass is 10.2. The van der Waals surface area contributed by atoms with Gasteiger partial charge in [0.05, 0.1) is 15.8 Å². The molecule has 0 atom stereocenters. The Balaban J connectivity index is 1.61. The molecule has 8 nitrogen and oxygen atoms in total. The second kappa shape index (κ2) is 7.76. The van der Waals surface area contributed by atoms with E-state index in [4.69, 9.17) is 0 Å². The molecule has 1 fully saturated rings. The van der Waals surface area contributed by atoms with Gasteiger partial charge >= 0.3 is 0 Å². The summed E-state index contributed by atoms with van der Waals surface area (Å²) >= 11 is 0. The minimum absolute atomic E-state index is 0.0658. The molecule has 29 heavy (non-hydrogen) atoms. The summed E-state index contributed by atoms with van der Waals surface area (Å²) in [4.78, 5) is 29.4. The second-order valence-electron chi connectivity index (χ2n) is 6.87. The van der Waals surface area contributed by atoms with Gasteiger partial charge in [-0.3, -0.25) is 15.0 Å². The maximum Gasteiger partial charge on any atom is 0.280 e. The number of hydrogen-bond donors (Lipinski definition) is 1. The van der Waals surface area contributed by atoms with Gasteiger partial charge in [0.25, 0.3) is 11.5 Å². The van der Waals surface area contributed by atoms with E-state index in [1.807, 2.05) is 0 Å². The summed E-state index contributed by atoms with van der Waals surface area (Å²) < 4.78 is 28.1. The van der Waals surface area contributed by atoms with E-state index in [1.165, 1.54) is 34.9 Å². The topological polar surface area (TPSA) is 101 Å². The van der Waals surface area contributed by atoms with Crippen LogP contribution in [-0.4, -0.2) is 41.4 Å². The first-order valence-electron chi connectivity index (χ1n) is 9.35. The molecule has 0 radical (unpaired) electrons. The highest BCUT2D eigenvalue weighted by molar-refractivity contribution is 7.89. The van der Waals surface area contributed by atoms with Crippen molar-refractivity contribution in [2.45, 2.75) is 24.2 Å². The van der Waals surface area contributed by atoms with Crippen LogP contribution in [0.3, 0.4) is 0 Å². The number of rotatable bonds is 4. The number of piperidine rings is 1. The minimum Gasteiger partial charge on any atom is -0.267 e. The van der Waals surface area contributed by atoms with Gasteiger partial charge < -0.3 is 0 Å². The van der Waals surface area contributed by atoms with Crippen LogP contribution >= 0.6 is 0 Å². The number of hydrogen-bond acceptors (Lipinski definition) is 5. The molecule has 150 valence electrons. The van der Waals surface area contributed by atoms with E-state index in [-0.39, 0.29) is 10.5 Å². The smallest absolute Gasteiger partial charge is 0.267 e. The summed E-state index contributed by atoms with van der Waals surface area (Å²) in [5.41, 5.74) is 2.72. The van der Waals surface area contributed by atoms with E-state index < -0.39 is 21.5 Å². The van der Waals surface area contributed by atoms with Crippen LogP contribution in [0.4, 0.5) is 0 Å². The van der Waals surface area contributed by atoms with Gasteiger partial charge in [-0.1, -0.05) is 24.6 Å². The highest BCUT2D eigenvalue weighted by Crippen LogP contribution is 2.21. The Bertz CT molecular complexity index is 1230. The van der Waals surface area contributed by atoms with Crippen LogP contribution in [0, 0.1) is 0 Å². The van der Waals surface area contributed by atoms with Gasteiger partial charge in [0.2, 0.25) is 10.0 Å². The summed E-state index contributed by atoms with van der Waals surface area (Å²) in [5.74, 6) is -0.597. The first-order chi connectivity index (χ1) is 14.0. The third-order valence-electron chi connectivity index (χ3n) is 4.94. The normalized spacial score (nSPS) is 15.3. The number of nitrogens with zero attached hydrogens (tertiary/aromatic N) is 3. The molecule has 1 N–H and O–H groups in total. The first-order valence-corrected chi connectivity index (χ1v) is 10.8. The van der Waals surface area contributed by atoms with E-state index >= 15 is 0 Å². The van der Waals surface area contributed by atoms with Crippen LogP contribution in [0.2, 0.25) is 0 Å². The zero-order chi connectivity index (χ0) is 20.4. The van der Waals surface area contributed by atoms with Crippen molar-refractivity contribution in [2.24, 2.45) is 0 Å². The molecular formula is C20H20N4O4S. The number of aromatic nitrogens is 2. The standard InChI is InChI=1S/C20H20N4O4S/c25-19(22-24-14-21-18-10-3-2-9-17(18)20(24)26)15-7-6-8-16(13-15)29(27,28)23-11-4-1-5-12-23/h2-3,6-10,13-14H,1,4-5,11-12H2,(H,22,25). The highest BCUT2D eigenvalue weighted by atomic mass is 32.2. The van der Waals surface area contributed by atoms with Crippen LogP contribution in [0.15, 0.2) is 64.5 Å². The molecular weight excluding hydrogens is 392 g/mol. The predicted molar refractivity (Wildman–Crippen MR) is 109 cm³/mol. The van der Waals surface area contributed by atoms with Crippen LogP contribution in [0.1, 0.15) is 29.6 Å². The predicted octanol–water partition coefficient (Wildman–Crippen LogP) is 1.96. The molecule has 1 saturated heterocycles. The number of carbonyl (C=O) groups excluding carboxylic acids is 1. The van der Waals surface area contributed by atoms with Gasteiger partial charge in [-0.15, -0.1) is 0 Å². The van der Waals surface area contributed by atoms with Crippen LogP contribution in [-0.2, 0) is 10.0 Å². The number of para-hydroxylation sites is 1. The van der Waals surface area contributed by atoms with E-state index in [2.05, 4.69) is 10.4 Å². The van der Waals surface area contributed by atoms with Gasteiger partial charge in [0.1, 0.15) is 6.33 Å². The maximum absolute atomic E-state index is 12.8. The summed E-state index contributed by atoms with van der Waals surface area (Å²) in [6.45, 7) is 0.966. The third kappa shape index (κ3) is 3.79. The van der Waals surface area contributed by atoms with E-state index in [0.29, 0.717) is 24.0 Å². The van der Waals surface area contributed by atoms with Crippen molar-refractivity contribution in [2.75, 3.05) is 18.5 Å². The van der Waals surface area contributed by atoms with Crippen molar-refractivity contribution in [3.8, 4) is 0 Å². The number of amides is 1. The molecule has 0 saturated carbocycles. The fourth-order valence-electron chi connectivity index (χ4n) is 3.37. The van der Waals surface area contributed by atoms with Gasteiger partial charge in [-0.25, -0.2) is 18.1 Å². The lowest BCUT2D eigenvalue weighted by molar-refractivity contribution is 0.101. The largest absolute Gasteiger partial charge is 0.280 e. The lowest BCUT2D eigenvalue weighted by Crippen LogP contribution is -2.36. The molecule has 0 bridgehead atoms. The Labute approximate surface area is 167 Å². The summed E-state index contributed by atoms with van der Waals surface area (Å²) in [6.07, 6.45) is 3.91. The average Bonchev–Trinajstić information content (AvgIpc) is 2.76. The molecule has 4 rings (SSSR count). The Kier molecular flexibility index (Phi) is 5.16. The zero-order valence-corrected chi connectivity index (χ0v) is 16.4. The molecule has 9 heteroatoms. The number of nitrogens with one attached hydrogen (secondary N) is 1. The highest BCUT2D eigenvalue weighted by Gasteiger charge is 2.26. The number of carbonyl (C=O) groups is 1. The Morgan fingerprint density at radius 2 is 1.76 bits per heavy atom. The molecule has 1 aliphatic rings. The fourth-order valence-corrected chi connectivity index (χ4v) is 4.94. The van der Waals surface area contributed by atoms with Crippen molar-refractivity contribution in [3.05, 3.63) is 70.8 Å². The zero-order valence-electron chi connectivity index (χ0n) is 15.6. The molecule has 2 heterocycles. The lowest BCUT2D eigenvalue weighted by Gasteiger charge is -2.26. The van der Waals surface area contributed by atoms with Crippen molar-refractivity contribution in [1.82, 2.24) is 14.0 Å². The van der Waals surface area contributed by atoms with Crippen LogP contribution in [0.5, 0.6) is 0 Å². The minimum atomic E-state index is -3.66. The van der Waals surface area contributed by atoms with Gasteiger partial charge in [0, 0.05) is 18.7 Å². The molecule has 1 amide bonds. The van der Waals surface area contributed by atoms with Crippen molar-refractivity contribution >= 4 is 26.8 Å². The molecule has 0 aliphatic carbocycles. The Hall–Kier alpha value is -3.04. The summed E-state index contributed by atoms with van der Waals surface area (Å²) in [6, 6.07) is 12.6. The van der Waals surface area contributed by atoms with Crippen molar-refractivity contribution in [3.63, 3.8) is 0 Å². The molecule has 0 unspecified atom stereocenters. The SMILES string of the molecule is O=C(Nn1cnc2ccccc2c1=O)c1cccc(S(=O)(=O)N2CCCCC2)c1. The summed E-state index contributed by atoms with van der Waals surface area (Å²) in [7, 11) is -3.66. The van der Waals surface area contributed by atoms with E-state index in [9.17, 15) is 18.0 Å². The average molecular weight is 412 g/mol. The number of benzene rings is 2. The van der Waals surface area contributed by atoms with Crippen LogP contribution in [0.25, 0.3) is 10.9 Å². The molecule has 1 aliphatic heterocycles. The molecule has 2 aromatic carbocycles. The maximum atomic E-state index is 12.8. The Morgan fingerprint density at radius 3 is 2.55 bits per heavy atom. The van der Waals surface area contributed by atoms with Crippen molar-refractivity contribution in [1.29, 1.82) is 0 Å². The van der Waals surface area contributed by atoms with Gasteiger partial charge in [-0.05, 0) is 43.2 Å². The van der Waals surface area contributed by atoms with Gasteiger partial charge in [0.15, 0.2) is 0 Å². The van der Waals surface area contributed by atoms with Crippen LogP contribution < -0.4 is 11.0 Å². The van der Waals surface area contributed by atoms with E-state index in [1.54, 1.807) is 24.3 Å². The molecule has 1 aromatic heterocycles. The number of sulfonamides is 1. The van der Waals surface area contributed by atoms with E-state index in [0.717, 1.165) is 23.9 Å². The monoisotopic (exact) mass is 412 g/mol. The molecule has 3 aromatic rings. The van der Waals surface area contributed by atoms with Gasteiger partial charge in [-0.2, -0.15) is 4.31 Å². The number of fused-ring (bicyclic) bond motifs is 1. The fraction of sp³-hybridized carbons (Fsp3) is 0.250. The van der Waals surface area contributed by atoms with Crippen molar-refractivity contribution < 1.29 is 13.2 Å². The summed E-state index contributed by atoms with van der Waals surface area (Å²) in [5, 5.41) is 0.372. The first kappa shape index (κ1) is 19.3. The quantitative estimate of drug-likeness (QED) is 0.706. The third-order valence-corrected chi connectivity index (χ3v) is 6.83.